The van der Waals surface area contributed by atoms with Crippen molar-refractivity contribution < 1.29 is 4.74 Å². The van der Waals surface area contributed by atoms with Gasteiger partial charge in [0.2, 0.25) is 0 Å². The van der Waals surface area contributed by atoms with Gasteiger partial charge in [0.25, 0.3) is 0 Å². The van der Waals surface area contributed by atoms with Gasteiger partial charge in [0.05, 0.1) is 12.7 Å². The minimum Gasteiger partial charge on any atom is -0.372 e. The van der Waals surface area contributed by atoms with Crippen LogP contribution in [0.3, 0.4) is 0 Å². The maximum absolute atomic E-state index is 5.20. The molecule has 0 aliphatic carbocycles. The number of hydrogen-bond acceptors (Lipinski definition) is 2. The Hall–Kier alpha value is -0.0800. The molecule has 1 saturated heterocycles. The Kier molecular flexibility index (Phi) is 2.90. The second kappa shape index (κ2) is 3.55. The zero-order valence-electron chi connectivity index (χ0n) is 8.00. The summed E-state index contributed by atoms with van der Waals surface area (Å²) >= 11 is 0. The monoisotopic (exact) mass is 157 g/mol. The first-order chi connectivity index (χ1) is 5.11. The van der Waals surface area contributed by atoms with Crippen molar-refractivity contribution in [3.05, 3.63) is 0 Å². The van der Waals surface area contributed by atoms with Gasteiger partial charge in [0.1, 0.15) is 0 Å². The minimum absolute atomic E-state index is 0.528. The lowest BCUT2D eigenvalue weighted by Gasteiger charge is -2.29. The molecule has 0 aromatic heterocycles. The van der Waals surface area contributed by atoms with Crippen LogP contribution in [0.4, 0.5) is 0 Å². The molecule has 0 aromatic carbocycles. The molecule has 11 heavy (non-hydrogen) atoms. The fourth-order valence-electron chi connectivity index (χ4n) is 1.43. The average molecular weight is 157 g/mol. The van der Waals surface area contributed by atoms with E-state index in [0.29, 0.717) is 18.2 Å². The molecule has 1 rings (SSSR count). The second-order valence-electron chi connectivity index (χ2n) is 3.84. The molecule has 1 unspecified atom stereocenters. The number of nitrogens with zero attached hydrogens (tertiary/aromatic N) is 1. The summed E-state index contributed by atoms with van der Waals surface area (Å²) in [4.78, 5) is 2.47. The van der Waals surface area contributed by atoms with E-state index in [1.807, 2.05) is 0 Å². The van der Waals surface area contributed by atoms with Crippen LogP contribution in [0.15, 0.2) is 0 Å². The van der Waals surface area contributed by atoms with E-state index in [1.165, 1.54) is 0 Å². The third-order valence-electron chi connectivity index (χ3n) is 2.14. The zero-order chi connectivity index (χ0) is 8.43. The second-order valence-corrected chi connectivity index (χ2v) is 3.84. The molecule has 1 aliphatic rings. The molecule has 1 heterocycles. The topological polar surface area (TPSA) is 15.8 Å². The van der Waals surface area contributed by atoms with E-state index >= 15 is 0 Å². The van der Waals surface area contributed by atoms with Gasteiger partial charge in [0, 0.05) is 18.6 Å². The molecule has 1 atom stereocenters. The van der Waals surface area contributed by atoms with Gasteiger partial charge in [-0.2, -0.15) is 0 Å². The van der Waals surface area contributed by atoms with Crippen molar-refractivity contribution in [2.75, 3.05) is 13.2 Å². The summed E-state index contributed by atoms with van der Waals surface area (Å²) in [6.07, 6.45) is 0.528. The summed E-state index contributed by atoms with van der Waals surface area (Å²) in [5.74, 6) is 0. The molecular formula is C9H19NO. The van der Waals surface area contributed by atoms with Crippen molar-refractivity contribution in [1.82, 2.24) is 4.90 Å². The molecule has 0 saturated carbocycles. The first-order valence-corrected chi connectivity index (χ1v) is 4.48. The van der Waals surface area contributed by atoms with Gasteiger partial charge in [-0.25, -0.2) is 0 Å². The molecule has 1 fully saturated rings. The van der Waals surface area contributed by atoms with Gasteiger partial charge in [0.15, 0.2) is 0 Å². The molecule has 0 N–H and O–H groups in total. The van der Waals surface area contributed by atoms with Crippen molar-refractivity contribution in [2.45, 2.75) is 45.9 Å². The predicted molar refractivity (Wildman–Crippen MR) is 46.7 cm³/mol. The maximum Gasteiger partial charge on any atom is 0.0936 e. The number of hydrogen-bond donors (Lipinski definition) is 0. The van der Waals surface area contributed by atoms with Crippen LogP contribution in [0, 0.1) is 0 Å². The van der Waals surface area contributed by atoms with E-state index in [0.717, 1.165) is 13.2 Å². The molecule has 0 bridgehead atoms. The lowest BCUT2D eigenvalue weighted by Crippen LogP contribution is -2.39. The Bertz CT molecular complexity index is 111. The predicted octanol–water partition coefficient (Wildman–Crippen LogP) is 1.50. The van der Waals surface area contributed by atoms with Gasteiger partial charge >= 0.3 is 0 Å². The van der Waals surface area contributed by atoms with E-state index < -0.39 is 0 Å². The van der Waals surface area contributed by atoms with Crippen molar-refractivity contribution >= 4 is 0 Å². The number of ether oxygens (including phenoxy) is 1. The molecule has 1 aliphatic heterocycles. The Labute approximate surface area is 69.5 Å². The Morgan fingerprint density at radius 2 is 1.73 bits per heavy atom. The van der Waals surface area contributed by atoms with Crippen LogP contribution in [-0.4, -0.2) is 36.2 Å². The van der Waals surface area contributed by atoms with Crippen molar-refractivity contribution in [3.63, 3.8) is 0 Å². The van der Waals surface area contributed by atoms with Crippen LogP contribution in [0.25, 0.3) is 0 Å². The van der Waals surface area contributed by atoms with Crippen LogP contribution < -0.4 is 0 Å². The van der Waals surface area contributed by atoms with E-state index in [2.05, 4.69) is 32.6 Å². The Morgan fingerprint density at radius 3 is 2.00 bits per heavy atom. The van der Waals surface area contributed by atoms with Gasteiger partial charge < -0.3 is 4.74 Å². The summed E-state index contributed by atoms with van der Waals surface area (Å²) in [5.41, 5.74) is 0. The lowest BCUT2D eigenvalue weighted by molar-refractivity contribution is 0.159. The highest BCUT2D eigenvalue weighted by atomic mass is 16.6. The van der Waals surface area contributed by atoms with Crippen molar-refractivity contribution in [3.8, 4) is 0 Å². The third-order valence-corrected chi connectivity index (χ3v) is 2.14. The summed E-state index contributed by atoms with van der Waals surface area (Å²) < 4.78 is 5.20. The van der Waals surface area contributed by atoms with Crippen LogP contribution in [0.5, 0.6) is 0 Å². The lowest BCUT2D eigenvalue weighted by atomic mass is 10.2. The zero-order valence-corrected chi connectivity index (χ0v) is 8.00. The maximum atomic E-state index is 5.20. The molecule has 66 valence electrons. The molecule has 0 radical (unpaired) electrons. The number of epoxide rings is 1. The van der Waals surface area contributed by atoms with Crippen LogP contribution in [0.2, 0.25) is 0 Å². The fourth-order valence-corrected chi connectivity index (χ4v) is 1.43. The first kappa shape index (κ1) is 9.01. The largest absolute Gasteiger partial charge is 0.372 e. The molecule has 2 heteroatoms. The summed E-state index contributed by atoms with van der Waals surface area (Å²) in [6, 6.07) is 1.28. The SMILES string of the molecule is CC(C)N(CC1CO1)C(C)C. The highest BCUT2D eigenvalue weighted by Gasteiger charge is 2.27. The fraction of sp³-hybridized carbons (Fsp3) is 1.00. The van der Waals surface area contributed by atoms with E-state index in [1.54, 1.807) is 0 Å². The summed E-state index contributed by atoms with van der Waals surface area (Å²) in [6.45, 7) is 11.0. The Balaban J connectivity index is 2.31. The molecule has 0 spiro atoms. The molecule has 2 nitrogen and oxygen atoms in total. The van der Waals surface area contributed by atoms with Crippen LogP contribution in [-0.2, 0) is 4.74 Å². The van der Waals surface area contributed by atoms with Gasteiger partial charge in [-0.3, -0.25) is 4.90 Å². The van der Waals surface area contributed by atoms with E-state index in [4.69, 9.17) is 4.74 Å². The van der Waals surface area contributed by atoms with E-state index in [-0.39, 0.29) is 0 Å². The quantitative estimate of drug-likeness (QED) is 0.575. The van der Waals surface area contributed by atoms with Gasteiger partial charge in [-0.1, -0.05) is 0 Å². The molecular weight excluding hydrogens is 138 g/mol. The standard InChI is InChI=1S/C9H19NO/c1-7(2)10(8(3)4)5-9-6-11-9/h7-9H,5-6H2,1-4H3. The highest BCUT2D eigenvalue weighted by Crippen LogP contribution is 2.14. The van der Waals surface area contributed by atoms with E-state index in [9.17, 15) is 0 Å². The number of rotatable bonds is 4. The van der Waals surface area contributed by atoms with Crippen molar-refractivity contribution in [1.29, 1.82) is 0 Å². The summed E-state index contributed by atoms with van der Waals surface area (Å²) in [7, 11) is 0. The third kappa shape index (κ3) is 2.80. The van der Waals surface area contributed by atoms with Crippen LogP contribution >= 0.6 is 0 Å². The normalized spacial score (nSPS) is 23.7. The average Bonchev–Trinajstić information content (AvgIpc) is 2.63. The highest BCUT2D eigenvalue weighted by molar-refractivity contribution is 4.78. The molecule has 0 aromatic rings. The van der Waals surface area contributed by atoms with Gasteiger partial charge in [-0.05, 0) is 27.7 Å². The van der Waals surface area contributed by atoms with Crippen LogP contribution in [0.1, 0.15) is 27.7 Å². The molecule has 0 amide bonds. The van der Waals surface area contributed by atoms with Crippen molar-refractivity contribution in [2.24, 2.45) is 0 Å². The first-order valence-electron chi connectivity index (χ1n) is 4.48. The minimum atomic E-state index is 0.528. The smallest absolute Gasteiger partial charge is 0.0936 e. The summed E-state index contributed by atoms with van der Waals surface area (Å²) in [5, 5.41) is 0. The Morgan fingerprint density at radius 1 is 1.27 bits per heavy atom. The van der Waals surface area contributed by atoms with Gasteiger partial charge in [-0.15, -0.1) is 0 Å².